The molecule has 4 nitrogen and oxygen atoms in total. The van der Waals surface area contributed by atoms with Crippen LogP contribution in [0.25, 0.3) is 0 Å². The number of amides is 2. The van der Waals surface area contributed by atoms with E-state index in [4.69, 9.17) is 5.21 Å². The standard InChI is InChI=1S/C5H7NO3/c1-3-2-4(7)6(9)5(3)8/h3,9H,2H2,1H3/p+1. The predicted molar refractivity (Wildman–Crippen MR) is 26.5 cm³/mol. The molecule has 0 radical (unpaired) electrons. The van der Waals surface area contributed by atoms with Gasteiger partial charge < -0.3 is 0 Å². The topological polar surface area (TPSA) is 58.8 Å². The monoisotopic (exact) mass is 130 g/mol. The molecule has 2 unspecified atom stereocenters. The van der Waals surface area contributed by atoms with Crippen LogP contribution in [0.2, 0.25) is 0 Å². The van der Waals surface area contributed by atoms with Crippen LogP contribution in [-0.4, -0.2) is 17.0 Å². The molecule has 0 bridgehead atoms. The van der Waals surface area contributed by atoms with Gasteiger partial charge in [0.25, 0.3) is 0 Å². The number of nitrogens with one attached hydrogen (secondary N) is 1. The van der Waals surface area contributed by atoms with E-state index in [-0.39, 0.29) is 12.3 Å². The van der Waals surface area contributed by atoms with Gasteiger partial charge in [-0.15, -0.1) is 0 Å². The zero-order valence-corrected chi connectivity index (χ0v) is 5.05. The lowest BCUT2D eigenvalue weighted by molar-refractivity contribution is -0.949. The molecule has 1 rings (SSSR count). The van der Waals surface area contributed by atoms with Gasteiger partial charge in [0, 0.05) is 0 Å². The Hall–Kier alpha value is -0.740. The van der Waals surface area contributed by atoms with Crippen LogP contribution in [-0.2, 0) is 9.59 Å². The molecule has 50 valence electrons. The minimum atomic E-state index is -0.567. The first kappa shape index (κ1) is 6.38. The van der Waals surface area contributed by atoms with Gasteiger partial charge in [-0.3, -0.25) is 0 Å². The largest absolute Gasteiger partial charge is 0.355 e. The third-order valence-corrected chi connectivity index (χ3v) is 1.44. The highest BCUT2D eigenvalue weighted by atomic mass is 16.5. The maximum atomic E-state index is 10.6. The molecule has 0 saturated carbocycles. The van der Waals surface area contributed by atoms with Gasteiger partial charge in [0.2, 0.25) is 0 Å². The van der Waals surface area contributed by atoms with Crippen LogP contribution in [0.3, 0.4) is 0 Å². The number of carbonyl (C=O) groups is 2. The SMILES string of the molecule is CC1CC(=O)[NH+](O)C1=O. The lowest BCUT2D eigenvalue weighted by Crippen LogP contribution is -3.12. The van der Waals surface area contributed by atoms with E-state index in [2.05, 4.69) is 0 Å². The molecule has 2 N–H and O–H groups in total. The number of carbonyl (C=O) groups excluding carboxylic acids is 2. The van der Waals surface area contributed by atoms with Gasteiger partial charge in [-0.2, -0.15) is 0 Å². The van der Waals surface area contributed by atoms with Crippen LogP contribution >= 0.6 is 0 Å². The molecule has 0 aliphatic carbocycles. The number of rotatable bonds is 0. The molecule has 2 atom stereocenters. The molecular weight excluding hydrogens is 122 g/mol. The molecule has 0 spiro atoms. The predicted octanol–water partition coefficient (Wildman–Crippen LogP) is -1.65. The van der Waals surface area contributed by atoms with Crippen molar-refractivity contribution in [1.29, 1.82) is 0 Å². The first-order valence-electron chi connectivity index (χ1n) is 2.76. The van der Waals surface area contributed by atoms with Gasteiger partial charge >= 0.3 is 11.8 Å². The fourth-order valence-electron chi connectivity index (χ4n) is 0.838. The van der Waals surface area contributed by atoms with Gasteiger partial charge in [-0.25, -0.2) is 14.8 Å². The Labute approximate surface area is 52.0 Å². The summed E-state index contributed by atoms with van der Waals surface area (Å²) < 4.78 is 0. The number of hydrogen-bond donors (Lipinski definition) is 2. The summed E-state index contributed by atoms with van der Waals surface area (Å²) in [6.45, 7) is 1.63. The van der Waals surface area contributed by atoms with Gasteiger partial charge in [-0.05, 0) is 6.92 Å². The summed E-state index contributed by atoms with van der Waals surface area (Å²) in [4.78, 5) is 21.1. The highest BCUT2D eigenvalue weighted by Crippen LogP contribution is 2.02. The van der Waals surface area contributed by atoms with Crippen LogP contribution in [0.4, 0.5) is 0 Å². The van der Waals surface area contributed by atoms with E-state index in [1.807, 2.05) is 0 Å². The van der Waals surface area contributed by atoms with E-state index in [9.17, 15) is 9.59 Å². The summed E-state index contributed by atoms with van der Waals surface area (Å²) in [5.74, 6) is -1.15. The minimum Gasteiger partial charge on any atom is -0.227 e. The number of imide groups is 1. The first-order chi connectivity index (χ1) is 4.13. The van der Waals surface area contributed by atoms with Crippen LogP contribution in [0, 0.1) is 5.92 Å². The Balaban J connectivity index is 2.77. The average molecular weight is 130 g/mol. The second-order valence-electron chi connectivity index (χ2n) is 2.24. The zero-order valence-electron chi connectivity index (χ0n) is 5.05. The summed E-state index contributed by atoms with van der Waals surface area (Å²) in [7, 11) is 0. The van der Waals surface area contributed by atoms with Crippen LogP contribution in [0.5, 0.6) is 0 Å². The Morgan fingerprint density at radius 1 is 1.67 bits per heavy atom. The van der Waals surface area contributed by atoms with Crippen LogP contribution < -0.4 is 5.06 Å². The van der Waals surface area contributed by atoms with E-state index < -0.39 is 16.9 Å². The minimum absolute atomic E-state index is 0.171. The second kappa shape index (κ2) is 1.89. The fourth-order valence-corrected chi connectivity index (χ4v) is 0.838. The van der Waals surface area contributed by atoms with Crippen molar-refractivity contribution in [3.8, 4) is 0 Å². The summed E-state index contributed by atoms with van der Waals surface area (Å²) in [6, 6.07) is 0. The Bertz CT molecular complexity index is 166. The van der Waals surface area contributed by atoms with Crippen molar-refractivity contribution >= 4 is 11.8 Å². The van der Waals surface area contributed by atoms with E-state index in [0.717, 1.165) is 0 Å². The molecule has 1 heterocycles. The molecule has 1 saturated heterocycles. The molecule has 9 heavy (non-hydrogen) atoms. The molecule has 4 heteroatoms. The van der Waals surface area contributed by atoms with Crippen molar-refractivity contribution in [3.05, 3.63) is 0 Å². The van der Waals surface area contributed by atoms with Crippen molar-refractivity contribution < 1.29 is 19.9 Å². The molecule has 0 aromatic carbocycles. The zero-order chi connectivity index (χ0) is 7.02. The Kier molecular flexibility index (Phi) is 1.34. The molecule has 2 amide bonds. The number of hydroxylamine groups is 2. The number of hydrogen-bond acceptors (Lipinski definition) is 3. The van der Waals surface area contributed by atoms with Crippen LogP contribution in [0.1, 0.15) is 13.3 Å². The summed E-state index contributed by atoms with van der Waals surface area (Å²) in [5.41, 5.74) is 0. The van der Waals surface area contributed by atoms with Gasteiger partial charge in [0.1, 0.15) is 0 Å². The van der Waals surface area contributed by atoms with Crippen LogP contribution in [0.15, 0.2) is 0 Å². The molecule has 0 aromatic heterocycles. The van der Waals surface area contributed by atoms with E-state index in [0.29, 0.717) is 0 Å². The van der Waals surface area contributed by atoms with Gasteiger partial charge in [0.05, 0.1) is 12.3 Å². The third kappa shape index (κ3) is 0.863. The lowest BCUT2D eigenvalue weighted by Gasteiger charge is -1.92. The van der Waals surface area contributed by atoms with Gasteiger partial charge in [-0.1, -0.05) is 5.06 Å². The Morgan fingerprint density at radius 2 is 2.22 bits per heavy atom. The molecule has 1 aliphatic heterocycles. The second-order valence-corrected chi connectivity index (χ2v) is 2.24. The van der Waals surface area contributed by atoms with E-state index in [1.54, 1.807) is 6.92 Å². The molecule has 1 fully saturated rings. The van der Waals surface area contributed by atoms with Gasteiger partial charge in [0.15, 0.2) is 0 Å². The van der Waals surface area contributed by atoms with E-state index in [1.165, 1.54) is 0 Å². The first-order valence-corrected chi connectivity index (χ1v) is 2.76. The Morgan fingerprint density at radius 3 is 2.33 bits per heavy atom. The fraction of sp³-hybridized carbons (Fsp3) is 0.600. The highest BCUT2D eigenvalue weighted by molar-refractivity contribution is 5.89. The summed E-state index contributed by atoms with van der Waals surface area (Å²) >= 11 is 0. The number of quaternary nitrogens is 1. The van der Waals surface area contributed by atoms with Crippen molar-refractivity contribution in [2.75, 3.05) is 0 Å². The van der Waals surface area contributed by atoms with Crippen molar-refractivity contribution in [1.82, 2.24) is 0 Å². The molecule has 0 aromatic rings. The van der Waals surface area contributed by atoms with Crippen molar-refractivity contribution in [2.45, 2.75) is 13.3 Å². The quantitative estimate of drug-likeness (QED) is 0.305. The average Bonchev–Trinajstić information content (AvgIpc) is 1.98. The van der Waals surface area contributed by atoms with Crippen molar-refractivity contribution in [2.24, 2.45) is 5.92 Å². The smallest absolute Gasteiger partial charge is 0.227 e. The molecular formula is C5H8NO3+. The third-order valence-electron chi connectivity index (χ3n) is 1.44. The lowest BCUT2D eigenvalue weighted by atomic mass is 10.1. The summed E-state index contributed by atoms with van der Waals surface area (Å²) in [6.07, 6.45) is 0.171. The van der Waals surface area contributed by atoms with E-state index >= 15 is 0 Å². The van der Waals surface area contributed by atoms with Crippen molar-refractivity contribution in [3.63, 3.8) is 0 Å². The highest BCUT2D eigenvalue weighted by Gasteiger charge is 2.41. The maximum Gasteiger partial charge on any atom is 0.355 e. The molecule has 1 aliphatic rings. The normalized spacial score (nSPS) is 35.8. The summed E-state index contributed by atoms with van der Waals surface area (Å²) in [5, 5.41) is 8.09. The maximum absolute atomic E-state index is 10.6.